The van der Waals surface area contributed by atoms with Gasteiger partial charge in [0, 0.05) is 39.0 Å². The first-order valence-corrected chi connectivity index (χ1v) is 9.94. The lowest BCUT2D eigenvalue weighted by Gasteiger charge is -2.33. The molecule has 0 amide bonds. The molecule has 2 fully saturated rings. The Labute approximate surface area is 155 Å². The summed E-state index contributed by atoms with van der Waals surface area (Å²) < 4.78 is 8.06. The SMILES string of the molecule is Cn1ccnc1CC1CCCN(c2cncc(OCC3CCCC3)n2)C1. The van der Waals surface area contributed by atoms with E-state index in [0.717, 1.165) is 37.8 Å². The summed E-state index contributed by atoms with van der Waals surface area (Å²) in [5, 5.41) is 0. The van der Waals surface area contributed by atoms with Crippen LogP contribution in [0.5, 0.6) is 5.88 Å². The summed E-state index contributed by atoms with van der Waals surface area (Å²) in [4.78, 5) is 15.9. The molecule has 1 aliphatic carbocycles. The summed E-state index contributed by atoms with van der Waals surface area (Å²) in [6.07, 6.45) is 16.2. The number of aromatic nitrogens is 4. The lowest BCUT2D eigenvalue weighted by molar-refractivity contribution is 0.242. The molecule has 26 heavy (non-hydrogen) atoms. The van der Waals surface area contributed by atoms with Crippen LogP contribution in [-0.2, 0) is 13.5 Å². The molecule has 1 aliphatic heterocycles. The first-order valence-electron chi connectivity index (χ1n) is 9.94. The first kappa shape index (κ1) is 17.3. The van der Waals surface area contributed by atoms with E-state index in [9.17, 15) is 0 Å². The highest BCUT2D eigenvalue weighted by Crippen LogP contribution is 2.27. The number of hydrogen-bond donors (Lipinski definition) is 0. The maximum Gasteiger partial charge on any atom is 0.234 e. The fourth-order valence-corrected chi connectivity index (χ4v) is 4.23. The molecule has 1 atom stereocenters. The predicted molar refractivity (Wildman–Crippen MR) is 101 cm³/mol. The average molecular weight is 355 g/mol. The highest BCUT2D eigenvalue weighted by atomic mass is 16.5. The van der Waals surface area contributed by atoms with Crippen LogP contribution in [0.2, 0.25) is 0 Å². The molecule has 0 bridgehead atoms. The van der Waals surface area contributed by atoms with Gasteiger partial charge in [0.15, 0.2) is 5.82 Å². The number of anilines is 1. The van der Waals surface area contributed by atoms with Crippen molar-refractivity contribution in [2.45, 2.75) is 44.9 Å². The quantitative estimate of drug-likeness (QED) is 0.796. The molecule has 6 heteroatoms. The zero-order valence-electron chi connectivity index (χ0n) is 15.7. The molecule has 6 nitrogen and oxygen atoms in total. The summed E-state index contributed by atoms with van der Waals surface area (Å²) in [7, 11) is 2.07. The van der Waals surface area contributed by atoms with Crippen LogP contribution < -0.4 is 9.64 Å². The van der Waals surface area contributed by atoms with E-state index < -0.39 is 0 Å². The van der Waals surface area contributed by atoms with Gasteiger partial charge in [0.25, 0.3) is 0 Å². The number of imidazole rings is 1. The Kier molecular flexibility index (Phi) is 5.37. The van der Waals surface area contributed by atoms with Gasteiger partial charge in [-0.2, -0.15) is 4.98 Å². The van der Waals surface area contributed by atoms with Crippen LogP contribution in [0, 0.1) is 11.8 Å². The van der Waals surface area contributed by atoms with Crippen molar-refractivity contribution in [2.24, 2.45) is 18.9 Å². The third-order valence-corrected chi connectivity index (χ3v) is 5.78. The molecule has 1 saturated carbocycles. The van der Waals surface area contributed by atoms with Crippen molar-refractivity contribution in [3.63, 3.8) is 0 Å². The van der Waals surface area contributed by atoms with Gasteiger partial charge < -0.3 is 14.2 Å². The summed E-state index contributed by atoms with van der Waals surface area (Å²) in [6, 6.07) is 0. The highest BCUT2D eigenvalue weighted by Gasteiger charge is 2.23. The molecule has 1 unspecified atom stereocenters. The van der Waals surface area contributed by atoms with E-state index >= 15 is 0 Å². The van der Waals surface area contributed by atoms with Gasteiger partial charge in [0.05, 0.1) is 19.0 Å². The third-order valence-electron chi connectivity index (χ3n) is 5.78. The van der Waals surface area contributed by atoms with Crippen molar-refractivity contribution in [3.8, 4) is 5.88 Å². The molecule has 2 aromatic rings. The third kappa shape index (κ3) is 4.17. The molecule has 0 spiro atoms. The number of ether oxygens (including phenoxy) is 1. The maximum absolute atomic E-state index is 5.94. The topological polar surface area (TPSA) is 56.1 Å². The van der Waals surface area contributed by atoms with E-state index in [-0.39, 0.29) is 0 Å². The van der Waals surface area contributed by atoms with Crippen LogP contribution in [-0.4, -0.2) is 39.2 Å². The minimum absolute atomic E-state index is 0.606. The molecule has 3 heterocycles. The normalized spacial score (nSPS) is 21.3. The van der Waals surface area contributed by atoms with Crippen LogP contribution in [0.15, 0.2) is 24.8 Å². The Morgan fingerprint density at radius 1 is 1.12 bits per heavy atom. The number of aryl methyl sites for hydroxylation is 1. The van der Waals surface area contributed by atoms with Crippen molar-refractivity contribution in [3.05, 3.63) is 30.6 Å². The van der Waals surface area contributed by atoms with Crippen LogP contribution in [0.3, 0.4) is 0 Å². The molecule has 0 radical (unpaired) electrons. The Balaban J connectivity index is 1.36. The first-order chi connectivity index (χ1) is 12.8. The monoisotopic (exact) mass is 355 g/mol. The molecule has 1 saturated heterocycles. The van der Waals surface area contributed by atoms with Crippen LogP contribution >= 0.6 is 0 Å². The average Bonchev–Trinajstić information content (AvgIpc) is 3.33. The van der Waals surface area contributed by atoms with Gasteiger partial charge >= 0.3 is 0 Å². The molecule has 4 rings (SSSR count). The Bertz CT molecular complexity index is 710. The van der Waals surface area contributed by atoms with Gasteiger partial charge in [0.1, 0.15) is 5.82 Å². The van der Waals surface area contributed by atoms with E-state index in [2.05, 4.69) is 26.5 Å². The standard InChI is InChI=1S/C20H29N5O/c1-24-10-8-22-18(24)11-17-7-4-9-25(14-17)19-12-21-13-20(23-19)26-15-16-5-2-3-6-16/h8,10,12-13,16-17H,2-7,9,11,14-15H2,1H3. The fourth-order valence-electron chi connectivity index (χ4n) is 4.23. The van der Waals surface area contributed by atoms with Gasteiger partial charge in [0.2, 0.25) is 5.88 Å². The van der Waals surface area contributed by atoms with Gasteiger partial charge in [-0.3, -0.25) is 4.98 Å². The minimum atomic E-state index is 0.606. The molecular formula is C20H29N5O. The van der Waals surface area contributed by atoms with E-state index in [1.807, 2.05) is 18.6 Å². The molecular weight excluding hydrogens is 326 g/mol. The molecule has 2 aromatic heterocycles. The van der Waals surface area contributed by atoms with Gasteiger partial charge in [-0.1, -0.05) is 12.8 Å². The Morgan fingerprint density at radius 2 is 1.96 bits per heavy atom. The summed E-state index contributed by atoms with van der Waals surface area (Å²) >= 11 is 0. The fraction of sp³-hybridized carbons (Fsp3) is 0.650. The zero-order chi connectivity index (χ0) is 17.8. The summed E-state index contributed by atoms with van der Waals surface area (Å²) in [5.41, 5.74) is 0. The molecule has 140 valence electrons. The zero-order valence-corrected chi connectivity index (χ0v) is 15.7. The highest BCUT2D eigenvalue weighted by molar-refractivity contribution is 5.38. The molecule has 0 aromatic carbocycles. The lowest BCUT2D eigenvalue weighted by atomic mass is 9.94. The van der Waals surface area contributed by atoms with Crippen LogP contribution in [0.1, 0.15) is 44.3 Å². The minimum Gasteiger partial charge on any atom is -0.476 e. The largest absolute Gasteiger partial charge is 0.476 e. The van der Waals surface area contributed by atoms with Crippen LogP contribution in [0.25, 0.3) is 0 Å². The lowest BCUT2D eigenvalue weighted by Crippen LogP contribution is -2.37. The van der Waals surface area contributed by atoms with Gasteiger partial charge in [-0.15, -0.1) is 0 Å². The summed E-state index contributed by atoms with van der Waals surface area (Å²) in [6.45, 7) is 2.82. The summed E-state index contributed by atoms with van der Waals surface area (Å²) in [5.74, 6) is 4.07. The van der Waals surface area contributed by atoms with E-state index in [4.69, 9.17) is 9.72 Å². The Morgan fingerprint density at radius 3 is 2.77 bits per heavy atom. The number of piperidine rings is 1. The Hall–Kier alpha value is -2.11. The van der Waals surface area contributed by atoms with Crippen molar-refractivity contribution in [2.75, 3.05) is 24.6 Å². The van der Waals surface area contributed by atoms with Crippen molar-refractivity contribution >= 4 is 5.82 Å². The van der Waals surface area contributed by atoms with E-state index in [1.54, 1.807) is 6.20 Å². The number of rotatable bonds is 6. The predicted octanol–water partition coefficient (Wildman–Crippen LogP) is 3.24. The number of hydrogen-bond acceptors (Lipinski definition) is 5. The van der Waals surface area contributed by atoms with Crippen molar-refractivity contribution < 1.29 is 4.74 Å². The van der Waals surface area contributed by atoms with E-state index in [0.29, 0.717) is 17.7 Å². The second-order valence-corrected chi connectivity index (χ2v) is 7.79. The van der Waals surface area contributed by atoms with Crippen molar-refractivity contribution in [1.29, 1.82) is 0 Å². The molecule has 0 N–H and O–H groups in total. The maximum atomic E-state index is 5.94. The van der Waals surface area contributed by atoms with Gasteiger partial charge in [-0.25, -0.2) is 4.98 Å². The second kappa shape index (κ2) is 8.06. The van der Waals surface area contributed by atoms with Crippen LogP contribution in [0.4, 0.5) is 5.82 Å². The smallest absolute Gasteiger partial charge is 0.234 e. The molecule has 2 aliphatic rings. The second-order valence-electron chi connectivity index (χ2n) is 7.79. The van der Waals surface area contributed by atoms with Gasteiger partial charge in [-0.05, 0) is 37.5 Å². The van der Waals surface area contributed by atoms with E-state index in [1.165, 1.54) is 38.5 Å². The number of nitrogens with zero attached hydrogens (tertiary/aromatic N) is 5. The van der Waals surface area contributed by atoms with Crippen molar-refractivity contribution in [1.82, 2.24) is 19.5 Å².